The Hall–Kier alpha value is -0.830. The highest BCUT2D eigenvalue weighted by Crippen LogP contribution is 2.19. The lowest BCUT2D eigenvalue weighted by molar-refractivity contribution is 0.456. The van der Waals surface area contributed by atoms with Crippen LogP contribution >= 0.6 is 0 Å². The van der Waals surface area contributed by atoms with Gasteiger partial charge < -0.3 is 5.32 Å². The van der Waals surface area contributed by atoms with Gasteiger partial charge in [0.25, 0.3) is 0 Å². The van der Waals surface area contributed by atoms with Crippen LogP contribution in [0.1, 0.15) is 38.8 Å². The Bertz CT molecular complexity index is 265. The van der Waals surface area contributed by atoms with Gasteiger partial charge in [0.15, 0.2) is 0 Å². The van der Waals surface area contributed by atoms with Crippen molar-refractivity contribution in [3.63, 3.8) is 0 Å². The minimum atomic E-state index is 0.440. The van der Waals surface area contributed by atoms with E-state index in [1.807, 2.05) is 17.9 Å². The summed E-state index contributed by atoms with van der Waals surface area (Å²) in [7, 11) is 2.01. The van der Waals surface area contributed by atoms with E-state index >= 15 is 0 Å². The number of aromatic nitrogens is 2. The molecule has 0 aliphatic carbocycles. The van der Waals surface area contributed by atoms with Gasteiger partial charge in [-0.1, -0.05) is 13.8 Å². The van der Waals surface area contributed by atoms with E-state index in [4.69, 9.17) is 0 Å². The summed E-state index contributed by atoms with van der Waals surface area (Å²) < 4.78 is 1.97. The summed E-state index contributed by atoms with van der Waals surface area (Å²) in [6.45, 7) is 7.54. The van der Waals surface area contributed by atoms with Crippen LogP contribution in [0.25, 0.3) is 0 Å². The molecule has 1 rings (SSSR count). The topological polar surface area (TPSA) is 29.9 Å². The van der Waals surface area contributed by atoms with Crippen molar-refractivity contribution < 1.29 is 0 Å². The lowest BCUT2D eigenvalue weighted by atomic mass is 10.00. The van der Waals surface area contributed by atoms with Crippen LogP contribution in [0.15, 0.2) is 12.4 Å². The fourth-order valence-corrected chi connectivity index (χ4v) is 1.62. The van der Waals surface area contributed by atoms with Gasteiger partial charge in [-0.25, -0.2) is 0 Å². The first-order valence-electron chi connectivity index (χ1n) is 5.37. The van der Waals surface area contributed by atoms with E-state index < -0.39 is 0 Å². The molecule has 0 saturated carbocycles. The van der Waals surface area contributed by atoms with E-state index in [2.05, 4.69) is 37.4 Å². The largest absolute Gasteiger partial charge is 0.313 e. The third kappa shape index (κ3) is 2.84. The number of rotatable bonds is 5. The highest BCUT2D eigenvalue weighted by atomic mass is 15.3. The van der Waals surface area contributed by atoms with Crippen molar-refractivity contribution in [2.75, 3.05) is 7.05 Å². The lowest BCUT2D eigenvalue weighted by Gasteiger charge is -2.16. The normalized spacial score (nSPS) is 13.5. The summed E-state index contributed by atoms with van der Waals surface area (Å²) in [5.74, 6) is 0.706. The van der Waals surface area contributed by atoms with Crippen molar-refractivity contribution in [2.45, 2.75) is 39.8 Å². The number of hydrogen-bond donors (Lipinski definition) is 1. The van der Waals surface area contributed by atoms with Crippen molar-refractivity contribution in [3.05, 3.63) is 18.0 Å². The maximum absolute atomic E-state index is 4.29. The molecule has 0 bridgehead atoms. The second-order valence-corrected chi connectivity index (χ2v) is 4.10. The second kappa shape index (κ2) is 5.15. The molecule has 1 heterocycles. The Morgan fingerprint density at radius 3 is 2.64 bits per heavy atom. The van der Waals surface area contributed by atoms with Crippen LogP contribution in [0.2, 0.25) is 0 Å². The Morgan fingerprint density at radius 1 is 1.50 bits per heavy atom. The summed E-state index contributed by atoms with van der Waals surface area (Å²) in [6.07, 6.45) is 5.25. The fourth-order valence-electron chi connectivity index (χ4n) is 1.62. The van der Waals surface area contributed by atoms with E-state index in [9.17, 15) is 0 Å². The predicted molar refractivity (Wildman–Crippen MR) is 59.2 cm³/mol. The number of hydrogen-bond acceptors (Lipinski definition) is 2. The lowest BCUT2D eigenvalue weighted by Crippen LogP contribution is -2.17. The summed E-state index contributed by atoms with van der Waals surface area (Å²) in [5.41, 5.74) is 1.29. The molecular weight excluding hydrogens is 174 g/mol. The maximum atomic E-state index is 4.29. The molecule has 0 fully saturated rings. The van der Waals surface area contributed by atoms with E-state index in [0.29, 0.717) is 12.0 Å². The average molecular weight is 195 g/mol. The molecule has 1 atom stereocenters. The molecule has 1 aromatic rings. The monoisotopic (exact) mass is 195 g/mol. The number of nitrogens with one attached hydrogen (secondary N) is 1. The first-order valence-corrected chi connectivity index (χ1v) is 5.37. The second-order valence-electron chi connectivity index (χ2n) is 4.10. The summed E-state index contributed by atoms with van der Waals surface area (Å²) in [6, 6.07) is 0.440. The van der Waals surface area contributed by atoms with Crippen LogP contribution in [0.3, 0.4) is 0 Å². The van der Waals surface area contributed by atoms with E-state index in [-0.39, 0.29) is 0 Å². The van der Waals surface area contributed by atoms with Gasteiger partial charge in [0, 0.05) is 24.3 Å². The van der Waals surface area contributed by atoms with Crippen LogP contribution < -0.4 is 5.32 Å². The molecule has 0 aromatic carbocycles. The number of aryl methyl sites for hydroxylation is 1. The molecule has 1 N–H and O–H groups in total. The molecule has 0 aliphatic rings. The Labute approximate surface area is 86.5 Å². The molecule has 1 aromatic heterocycles. The highest BCUT2D eigenvalue weighted by molar-refractivity contribution is 5.10. The minimum Gasteiger partial charge on any atom is -0.313 e. The molecule has 3 heteroatoms. The van der Waals surface area contributed by atoms with E-state index in [1.165, 1.54) is 5.56 Å². The molecule has 3 nitrogen and oxygen atoms in total. The minimum absolute atomic E-state index is 0.440. The van der Waals surface area contributed by atoms with Crippen LogP contribution in [0.5, 0.6) is 0 Å². The Balaban J connectivity index is 2.68. The summed E-state index contributed by atoms with van der Waals surface area (Å²) >= 11 is 0. The fraction of sp³-hybridized carbons (Fsp3) is 0.727. The molecule has 0 radical (unpaired) electrons. The van der Waals surface area contributed by atoms with Crippen molar-refractivity contribution in [1.29, 1.82) is 0 Å². The van der Waals surface area contributed by atoms with Gasteiger partial charge >= 0.3 is 0 Å². The third-order valence-electron chi connectivity index (χ3n) is 2.44. The highest BCUT2D eigenvalue weighted by Gasteiger charge is 2.12. The van der Waals surface area contributed by atoms with E-state index in [1.54, 1.807) is 0 Å². The van der Waals surface area contributed by atoms with Gasteiger partial charge in [-0.2, -0.15) is 5.10 Å². The van der Waals surface area contributed by atoms with Crippen molar-refractivity contribution in [3.8, 4) is 0 Å². The first kappa shape index (κ1) is 11.2. The molecular formula is C11H21N3. The van der Waals surface area contributed by atoms with Crippen LogP contribution in [-0.2, 0) is 6.54 Å². The van der Waals surface area contributed by atoms with Gasteiger partial charge in [0.1, 0.15) is 0 Å². The quantitative estimate of drug-likeness (QED) is 0.780. The van der Waals surface area contributed by atoms with Crippen LogP contribution in [0.4, 0.5) is 0 Å². The molecule has 80 valence electrons. The smallest absolute Gasteiger partial charge is 0.0537 e. The Morgan fingerprint density at radius 2 is 2.21 bits per heavy atom. The van der Waals surface area contributed by atoms with Crippen molar-refractivity contribution in [1.82, 2.24) is 15.1 Å². The zero-order chi connectivity index (χ0) is 10.6. The SMILES string of the molecule is CCn1cc(C(CC(C)C)NC)cn1. The van der Waals surface area contributed by atoms with Gasteiger partial charge in [-0.15, -0.1) is 0 Å². The molecule has 1 unspecified atom stereocenters. The van der Waals surface area contributed by atoms with Gasteiger partial charge in [0.2, 0.25) is 0 Å². The standard InChI is InChI=1S/C11H21N3/c1-5-14-8-10(7-13-14)11(12-4)6-9(2)3/h7-9,11-12H,5-6H2,1-4H3. The van der Waals surface area contributed by atoms with E-state index in [0.717, 1.165) is 13.0 Å². The average Bonchev–Trinajstić information content (AvgIpc) is 2.62. The van der Waals surface area contributed by atoms with Gasteiger partial charge in [-0.05, 0) is 26.3 Å². The molecule has 0 aliphatic heterocycles. The van der Waals surface area contributed by atoms with Gasteiger partial charge in [0.05, 0.1) is 6.20 Å². The zero-order valence-corrected chi connectivity index (χ0v) is 9.62. The third-order valence-corrected chi connectivity index (χ3v) is 2.44. The first-order chi connectivity index (χ1) is 6.67. The maximum Gasteiger partial charge on any atom is 0.0537 e. The molecule has 0 amide bonds. The molecule has 0 saturated heterocycles. The predicted octanol–water partition coefficient (Wildman–Crippen LogP) is 2.21. The molecule has 14 heavy (non-hydrogen) atoms. The Kier molecular flexibility index (Phi) is 4.14. The van der Waals surface area contributed by atoms with Gasteiger partial charge in [-0.3, -0.25) is 4.68 Å². The summed E-state index contributed by atoms with van der Waals surface area (Å²) in [5, 5.41) is 7.62. The van der Waals surface area contributed by atoms with Crippen LogP contribution in [-0.4, -0.2) is 16.8 Å². The van der Waals surface area contributed by atoms with Crippen LogP contribution in [0, 0.1) is 5.92 Å². The summed E-state index contributed by atoms with van der Waals surface area (Å²) in [4.78, 5) is 0. The van der Waals surface area contributed by atoms with Crippen molar-refractivity contribution in [2.24, 2.45) is 5.92 Å². The molecule has 0 spiro atoms. The van der Waals surface area contributed by atoms with Crippen molar-refractivity contribution >= 4 is 0 Å². The zero-order valence-electron chi connectivity index (χ0n) is 9.62. The number of nitrogens with zero attached hydrogens (tertiary/aromatic N) is 2.